The Balaban J connectivity index is 0. The quantitative estimate of drug-likeness (QED) is 0.337. The summed E-state index contributed by atoms with van der Waals surface area (Å²) in [6.07, 6.45) is 6.14. The molecule has 4 nitrogen and oxygen atoms in total. The predicted molar refractivity (Wildman–Crippen MR) is 140 cm³/mol. The molecule has 2 heterocycles. The molecule has 186 valence electrons. The van der Waals surface area contributed by atoms with Crippen molar-refractivity contribution in [3.8, 4) is 0 Å². The fourth-order valence-corrected chi connectivity index (χ4v) is 4.82. The smallest absolute Gasteiger partial charge is 0.258 e. The molecule has 3 rings (SSSR count). The first-order valence-corrected chi connectivity index (χ1v) is 11.8. The van der Waals surface area contributed by atoms with Crippen LogP contribution in [0.4, 0.5) is 0 Å². The van der Waals surface area contributed by atoms with Gasteiger partial charge in [0, 0.05) is 24.5 Å². The van der Waals surface area contributed by atoms with Crippen LogP contribution in [-0.4, -0.2) is 30.8 Å². The van der Waals surface area contributed by atoms with Gasteiger partial charge in [0.2, 0.25) is 10.0 Å². The van der Waals surface area contributed by atoms with Crippen LogP contribution in [-0.2, 0) is 31.1 Å². The summed E-state index contributed by atoms with van der Waals surface area (Å²) >= 11 is 0. The van der Waals surface area contributed by atoms with E-state index in [2.05, 4.69) is 37.0 Å². The van der Waals surface area contributed by atoms with E-state index in [4.69, 9.17) is 0 Å². The van der Waals surface area contributed by atoms with Crippen LogP contribution in [0, 0.1) is 27.7 Å². The molecule has 1 aliphatic heterocycles. The van der Waals surface area contributed by atoms with Crippen molar-refractivity contribution in [2.45, 2.75) is 59.3 Å². The van der Waals surface area contributed by atoms with E-state index in [1.165, 1.54) is 11.1 Å². The van der Waals surface area contributed by atoms with Crippen molar-refractivity contribution in [2.75, 3.05) is 13.1 Å². The van der Waals surface area contributed by atoms with Crippen LogP contribution in [0.3, 0.4) is 0 Å². The van der Waals surface area contributed by atoms with E-state index in [1.54, 1.807) is 16.4 Å². The first-order chi connectivity index (χ1) is 14.1. The van der Waals surface area contributed by atoms with E-state index in [-0.39, 0.29) is 45.9 Å². The van der Waals surface area contributed by atoms with Gasteiger partial charge >= 0.3 is 21.1 Å². The Morgan fingerprint density at radius 3 is 1.85 bits per heavy atom. The molecule has 0 unspecified atom stereocenters. The Hall–Kier alpha value is -0.972. The molecule has 0 radical (unpaired) electrons. The molecule has 0 fully saturated rings. The van der Waals surface area contributed by atoms with E-state index in [9.17, 15) is 8.42 Å². The topological polar surface area (TPSA) is 50.3 Å². The molecule has 0 aliphatic carbocycles. The van der Waals surface area contributed by atoms with E-state index in [0.717, 1.165) is 35.4 Å². The van der Waals surface area contributed by atoms with Crippen molar-refractivity contribution in [1.29, 1.82) is 0 Å². The van der Waals surface area contributed by atoms with Gasteiger partial charge in [0.1, 0.15) is 0 Å². The van der Waals surface area contributed by atoms with Crippen LogP contribution in [0.5, 0.6) is 0 Å². The summed E-state index contributed by atoms with van der Waals surface area (Å²) in [6, 6.07) is 11.2. The SMILES string of the molecule is C/C1=C\CN(S(=O)(=O)c2ccc(C)cc2)C/C(C)=C/CC1.Cc1cc(C)nc(C)c1.Cl.Cl.[Pt+2]. The Morgan fingerprint density at radius 2 is 1.33 bits per heavy atom. The van der Waals surface area contributed by atoms with E-state index < -0.39 is 10.0 Å². The predicted octanol–water partition coefficient (Wildman–Crippen LogP) is 6.52. The van der Waals surface area contributed by atoms with Crippen molar-refractivity contribution in [1.82, 2.24) is 9.29 Å². The van der Waals surface area contributed by atoms with Gasteiger partial charge in [0.05, 0.1) is 4.90 Å². The maximum absolute atomic E-state index is 12.8. The fourth-order valence-electron chi connectivity index (χ4n) is 3.40. The zero-order chi connectivity index (χ0) is 22.3. The minimum atomic E-state index is -3.44. The molecule has 0 atom stereocenters. The third kappa shape index (κ3) is 11.3. The second kappa shape index (κ2) is 15.8. The first-order valence-electron chi connectivity index (χ1n) is 10.4. The number of nitrogens with zero attached hydrogens (tertiary/aromatic N) is 2. The van der Waals surface area contributed by atoms with Crippen molar-refractivity contribution in [2.24, 2.45) is 0 Å². The monoisotopic (exact) mass is 693 g/mol. The molecule has 1 aromatic heterocycles. The number of pyridine rings is 1. The summed E-state index contributed by atoms with van der Waals surface area (Å²) in [5.41, 5.74) is 6.91. The Labute approximate surface area is 227 Å². The number of hydrogen-bond donors (Lipinski definition) is 0. The van der Waals surface area contributed by atoms with Gasteiger partial charge in [0.25, 0.3) is 0 Å². The summed E-state index contributed by atoms with van der Waals surface area (Å²) in [6.45, 7) is 13.0. The largest absolute Gasteiger partial charge is 2.00 e. The van der Waals surface area contributed by atoms with Crippen molar-refractivity contribution < 1.29 is 29.5 Å². The molecule has 8 heteroatoms. The molecular weight excluding hydrogens is 658 g/mol. The van der Waals surface area contributed by atoms with Crippen LogP contribution >= 0.6 is 24.8 Å². The minimum Gasteiger partial charge on any atom is -0.258 e. The molecule has 1 aliphatic rings. The van der Waals surface area contributed by atoms with Gasteiger partial charge in [-0.15, -0.1) is 24.8 Å². The number of allylic oxidation sites excluding steroid dienone is 2. The zero-order valence-corrected chi connectivity index (χ0v) is 24.9. The second-order valence-corrected chi connectivity index (χ2v) is 10.1. The van der Waals surface area contributed by atoms with Crippen LogP contribution in [0.25, 0.3) is 0 Å². The van der Waals surface area contributed by atoms with Gasteiger partial charge in [-0.25, -0.2) is 8.42 Å². The van der Waals surface area contributed by atoms with Crippen LogP contribution in [0.15, 0.2) is 64.6 Å². The molecule has 0 spiro atoms. The average molecular weight is 695 g/mol. The molecule has 2 aromatic rings. The van der Waals surface area contributed by atoms with Crippen molar-refractivity contribution in [3.63, 3.8) is 0 Å². The normalized spacial score (nSPS) is 17.4. The fraction of sp³-hybridized carbons (Fsp3) is 0.400. The molecule has 33 heavy (non-hydrogen) atoms. The summed E-state index contributed by atoms with van der Waals surface area (Å²) in [4.78, 5) is 4.60. The molecular formula is C25H36Cl2N2O2PtS+2. The Kier molecular flexibility index (Phi) is 16.4. The van der Waals surface area contributed by atoms with Gasteiger partial charge in [0.15, 0.2) is 0 Å². The molecule has 0 saturated heterocycles. The number of halogens is 2. The van der Waals surface area contributed by atoms with E-state index in [0.29, 0.717) is 18.0 Å². The van der Waals surface area contributed by atoms with Gasteiger partial charge in [-0.2, -0.15) is 4.31 Å². The van der Waals surface area contributed by atoms with E-state index in [1.807, 2.05) is 45.9 Å². The van der Waals surface area contributed by atoms with Gasteiger partial charge in [-0.05, 0) is 84.2 Å². The summed E-state index contributed by atoms with van der Waals surface area (Å²) in [5, 5.41) is 0. The van der Waals surface area contributed by atoms with Crippen LogP contribution < -0.4 is 0 Å². The van der Waals surface area contributed by atoms with Gasteiger partial charge in [-0.1, -0.05) is 41.0 Å². The number of aromatic nitrogens is 1. The average Bonchev–Trinajstić information content (AvgIpc) is 2.72. The van der Waals surface area contributed by atoms with Gasteiger partial charge in [-0.3, -0.25) is 4.98 Å². The van der Waals surface area contributed by atoms with E-state index >= 15 is 0 Å². The Bertz CT molecular complexity index is 986. The zero-order valence-electron chi connectivity index (χ0n) is 20.2. The summed E-state index contributed by atoms with van der Waals surface area (Å²) < 4.78 is 27.1. The standard InChI is InChI=1S/C17H23NO2S.C8H11N.2ClH.Pt/c1-14-5-4-6-16(3)13-18(12-11-14)21(19,20)17-9-7-15(2)8-10-17;1-6-4-7(2)9-8(3)5-6;;;/h6-11H,4-5,12-13H2,1-3H3;4-5H,1-3H3;2*1H;/q;;;;+2/b14-11+,16-6+;;;;. The van der Waals surface area contributed by atoms with Crippen molar-refractivity contribution >= 4 is 34.8 Å². The number of hydrogen-bond acceptors (Lipinski definition) is 3. The maximum Gasteiger partial charge on any atom is 2.00 e. The number of benzene rings is 1. The summed E-state index contributed by atoms with van der Waals surface area (Å²) in [7, 11) is -3.44. The Morgan fingerprint density at radius 1 is 0.788 bits per heavy atom. The molecule has 0 N–H and O–H groups in total. The van der Waals surface area contributed by atoms with Crippen LogP contribution in [0.2, 0.25) is 0 Å². The number of aryl methyl sites for hydroxylation is 4. The molecule has 0 amide bonds. The first kappa shape index (κ1) is 34.2. The number of sulfonamides is 1. The van der Waals surface area contributed by atoms with Crippen molar-refractivity contribution in [3.05, 3.63) is 82.2 Å². The van der Waals surface area contributed by atoms with Crippen LogP contribution in [0.1, 0.15) is 49.2 Å². The minimum absolute atomic E-state index is 0. The molecule has 0 saturated carbocycles. The second-order valence-electron chi connectivity index (χ2n) is 8.18. The maximum atomic E-state index is 12.8. The third-order valence-corrected chi connectivity index (χ3v) is 6.81. The number of rotatable bonds is 2. The molecule has 1 aromatic carbocycles. The molecule has 0 bridgehead atoms. The summed E-state index contributed by atoms with van der Waals surface area (Å²) in [5.74, 6) is 0. The van der Waals surface area contributed by atoms with Gasteiger partial charge < -0.3 is 0 Å². The third-order valence-electron chi connectivity index (χ3n) is 4.99.